The molecule has 1 atom stereocenters. The zero-order valence-electron chi connectivity index (χ0n) is 11.0. The van der Waals surface area contributed by atoms with Crippen molar-refractivity contribution >= 4 is 15.7 Å². The first-order chi connectivity index (χ1) is 7.50. The predicted molar refractivity (Wildman–Crippen MR) is 65.9 cm³/mol. The van der Waals surface area contributed by atoms with Gasteiger partial charge in [-0.2, -0.15) is 5.26 Å². The largest absolute Gasteiger partial charge is 0.353 e. The molecule has 1 N–H and O–H groups in total. The number of hydrogen-bond acceptors (Lipinski definition) is 4. The number of amides is 1. The Bertz CT molecular complexity index is 434. The summed E-state index contributed by atoms with van der Waals surface area (Å²) < 4.78 is 21.8. The molecule has 0 aliphatic heterocycles. The quantitative estimate of drug-likeness (QED) is 0.794. The van der Waals surface area contributed by atoms with E-state index in [-0.39, 0.29) is 6.54 Å². The maximum Gasteiger partial charge on any atom is 0.240 e. The summed E-state index contributed by atoms with van der Waals surface area (Å²) >= 11 is 0. The van der Waals surface area contributed by atoms with Crippen LogP contribution in [0.2, 0.25) is 0 Å². The zero-order valence-corrected chi connectivity index (χ0v) is 11.8. The SMILES string of the molecule is CCC(C)(C#N)C(=O)NCC(C)(C)S(C)(=O)=O. The van der Waals surface area contributed by atoms with Crippen LogP contribution in [-0.4, -0.2) is 31.9 Å². The molecule has 0 bridgehead atoms. The summed E-state index contributed by atoms with van der Waals surface area (Å²) in [5.41, 5.74) is -1.10. The third-order valence-corrected chi connectivity index (χ3v) is 5.29. The van der Waals surface area contributed by atoms with E-state index in [1.807, 2.05) is 6.07 Å². The summed E-state index contributed by atoms with van der Waals surface area (Å²) in [4.78, 5) is 11.8. The summed E-state index contributed by atoms with van der Waals surface area (Å²) in [6, 6.07) is 1.94. The fourth-order valence-corrected chi connectivity index (χ4v) is 1.24. The molecule has 17 heavy (non-hydrogen) atoms. The molecule has 0 radical (unpaired) electrons. The Morgan fingerprint density at radius 1 is 1.35 bits per heavy atom. The Kier molecular flexibility index (Phi) is 4.72. The van der Waals surface area contributed by atoms with Crippen LogP contribution in [0.3, 0.4) is 0 Å². The van der Waals surface area contributed by atoms with Gasteiger partial charge in [0.25, 0.3) is 0 Å². The van der Waals surface area contributed by atoms with Crippen LogP contribution in [0.1, 0.15) is 34.1 Å². The van der Waals surface area contributed by atoms with Gasteiger partial charge in [-0.15, -0.1) is 0 Å². The topological polar surface area (TPSA) is 87.0 Å². The highest BCUT2D eigenvalue weighted by atomic mass is 32.2. The summed E-state index contributed by atoms with van der Waals surface area (Å²) in [5.74, 6) is -0.431. The van der Waals surface area contributed by atoms with Gasteiger partial charge in [-0.3, -0.25) is 4.79 Å². The number of carbonyl (C=O) groups excluding carboxylic acids is 1. The lowest BCUT2D eigenvalue weighted by Crippen LogP contribution is -2.47. The van der Waals surface area contributed by atoms with Gasteiger partial charge in [0.15, 0.2) is 9.84 Å². The fraction of sp³-hybridized carbons (Fsp3) is 0.818. The van der Waals surface area contributed by atoms with E-state index in [4.69, 9.17) is 5.26 Å². The summed E-state index contributed by atoms with van der Waals surface area (Å²) in [7, 11) is -3.25. The van der Waals surface area contributed by atoms with Gasteiger partial charge in [0.1, 0.15) is 5.41 Å². The molecule has 1 amide bonds. The van der Waals surface area contributed by atoms with E-state index in [1.54, 1.807) is 6.92 Å². The van der Waals surface area contributed by atoms with E-state index in [0.29, 0.717) is 6.42 Å². The van der Waals surface area contributed by atoms with Crippen molar-refractivity contribution in [2.45, 2.75) is 38.9 Å². The number of rotatable bonds is 5. The molecule has 0 spiro atoms. The lowest BCUT2D eigenvalue weighted by Gasteiger charge is -2.25. The third-order valence-electron chi connectivity index (χ3n) is 3.13. The number of sulfone groups is 1. The fourth-order valence-electron chi connectivity index (χ4n) is 0.910. The molecule has 0 heterocycles. The highest BCUT2D eigenvalue weighted by Crippen LogP contribution is 2.20. The van der Waals surface area contributed by atoms with Crippen molar-refractivity contribution in [3.63, 3.8) is 0 Å². The van der Waals surface area contributed by atoms with Crippen LogP contribution in [0, 0.1) is 16.7 Å². The van der Waals surface area contributed by atoms with Crippen LogP contribution < -0.4 is 5.32 Å². The van der Waals surface area contributed by atoms with Gasteiger partial charge in [0.2, 0.25) is 5.91 Å². The van der Waals surface area contributed by atoms with E-state index >= 15 is 0 Å². The van der Waals surface area contributed by atoms with Crippen LogP contribution in [0.4, 0.5) is 0 Å². The molecule has 6 heteroatoms. The van der Waals surface area contributed by atoms with Crippen LogP contribution in [0.5, 0.6) is 0 Å². The van der Waals surface area contributed by atoms with E-state index in [9.17, 15) is 13.2 Å². The predicted octanol–water partition coefficient (Wildman–Crippen LogP) is 0.866. The van der Waals surface area contributed by atoms with Crippen molar-refractivity contribution in [1.82, 2.24) is 5.32 Å². The second kappa shape index (κ2) is 5.05. The van der Waals surface area contributed by atoms with Crippen molar-refractivity contribution in [3.8, 4) is 6.07 Å². The Balaban J connectivity index is 4.73. The summed E-state index contributed by atoms with van der Waals surface area (Å²) in [6.07, 6.45) is 1.51. The van der Waals surface area contributed by atoms with Gasteiger partial charge in [-0.05, 0) is 27.2 Å². The van der Waals surface area contributed by atoms with Crippen LogP contribution >= 0.6 is 0 Å². The van der Waals surface area contributed by atoms with Crippen molar-refractivity contribution in [2.75, 3.05) is 12.8 Å². The first-order valence-electron chi connectivity index (χ1n) is 5.39. The standard InChI is InChI=1S/C11H20N2O3S/c1-6-11(4,7-12)9(14)13-8-10(2,3)17(5,15)16/h6,8H2,1-5H3,(H,13,14). The first kappa shape index (κ1) is 15.9. The van der Waals surface area contributed by atoms with E-state index in [1.165, 1.54) is 20.8 Å². The van der Waals surface area contributed by atoms with Gasteiger partial charge in [0, 0.05) is 12.8 Å². The van der Waals surface area contributed by atoms with Gasteiger partial charge in [0.05, 0.1) is 10.8 Å². The monoisotopic (exact) mass is 260 g/mol. The van der Waals surface area contributed by atoms with Crippen LogP contribution in [-0.2, 0) is 14.6 Å². The normalized spacial score (nSPS) is 15.8. The van der Waals surface area contributed by atoms with Crippen molar-refractivity contribution in [3.05, 3.63) is 0 Å². The Morgan fingerprint density at radius 3 is 2.12 bits per heavy atom. The van der Waals surface area contributed by atoms with Gasteiger partial charge in [-0.1, -0.05) is 6.92 Å². The molecule has 0 aromatic carbocycles. The summed E-state index contributed by atoms with van der Waals surface area (Å²) in [6.45, 7) is 6.36. The minimum absolute atomic E-state index is 0.00192. The maximum atomic E-state index is 11.8. The minimum Gasteiger partial charge on any atom is -0.353 e. The average molecular weight is 260 g/mol. The molecule has 0 saturated carbocycles. The van der Waals surface area contributed by atoms with Crippen molar-refractivity contribution in [2.24, 2.45) is 5.41 Å². The Labute approximate surface area is 103 Å². The van der Waals surface area contributed by atoms with Gasteiger partial charge in [-0.25, -0.2) is 8.42 Å². The minimum atomic E-state index is -3.25. The molecular weight excluding hydrogens is 240 g/mol. The molecule has 0 fully saturated rings. The molecule has 0 aliphatic carbocycles. The molecule has 98 valence electrons. The smallest absolute Gasteiger partial charge is 0.240 e. The van der Waals surface area contributed by atoms with Crippen LogP contribution in [0.25, 0.3) is 0 Å². The molecule has 5 nitrogen and oxygen atoms in total. The third kappa shape index (κ3) is 3.70. The Hall–Kier alpha value is -1.09. The van der Waals surface area contributed by atoms with E-state index in [2.05, 4.69) is 5.32 Å². The zero-order chi connectivity index (χ0) is 13.9. The highest BCUT2D eigenvalue weighted by Gasteiger charge is 2.35. The molecular formula is C11H20N2O3S. The number of nitriles is 1. The van der Waals surface area contributed by atoms with Gasteiger partial charge < -0.3 is 5.32 Å². The molecule has 0 aromatic heterocycles. The lowest BCUT2D eigenvalue weighted by atomic mass is 9.88. The van der Waals surface area contributed by atoms with E-state index in [0.717, 1.165) is 6.26 Å². The van der Waals surface area contributed by atoms with E-state index < -0.39 is 25.9 Å². The van der Waals surface area contributed by atoms with Crippen molar-refractivity contribution in [1.29, 1.82) is 5.26 Å². The highest BCUT2D eigenvalue weighted by molar-refractivity contribution is 7.92. The maximum absolute atomic E-state index is 11.8. The number of hydrogen-bond donors (Lipinski definition) is 1. The number of carbonyl (C=O) groups is 1. The van der Waals surface area contributed by atoms with Crippen molar-refractivity contribution < 1.29 is 13.2 Å². The lowest BCUT2D eigenvalue weighted by molar-refractivity contribution is -0.127. The second-order valence-electron chi connectivity index (χ2n) is 5.01. The Morgan fingerprint density at radius 2 is 1.82 bits per heavy atom. The van der Waals surface area contributed by atoms with Crippen LogP contribution in [0.15, 0.2) is 0 Å². The number of nitrogens with zero attached hydrogens (tertiary/aromatic N) is 1. The molecule has 0 aliphatic rings. The molecule has 0 saturated heterocycles. The second-order valence-corrected chi connectivity index (χ2v) is 7.66. The average Bonchev–Trinajstić information content (AvgIpc) is 2.23. The molecule has 0 aromatic rings. The summed E-state index contributed by atoms with van der Waals surface area (Å²) in [5, 5.41) is 11.4. The number of nitrogens with one attached hydrogen (secondary N) is 1. The molecule has 0 rings (SSSR count). The van der Waals surface area contributed by atoms with Gasteiger partial charge >= 0.3 is 0 Å². The molecule has 1 unspecified atom stereocenters. The first-order valence-corrected chi connectivity index (χ1v) is 7.28.